The van der Waals surface area contributed by atoms with Gasteiger partial charge in [-0.15, -0.1) is 45.9 Å². The lowest BCUT2D eigenvalue weighted by Crippen LogP contribution is -2.41. The molecule has 1 saturated carbocycles. The van der Waals surface area contributed by atoms with Gasteiger partial charge in [-0.1, -0.05) is 18.2 Å². The number of ether oxygens (including phenoxy) is 1. The van der Waals surface area contributed by atoms with Crippen molar-refractivity contribution in [3.63, 3.8) is 0 Å². The number of nitrogens with zero attached hydrogens (tertiary/aromatic N) is 4. The second kappa shape index (κ2) is 11.8. The molecule has 0 bridgehead atoms. The van der Waals surface area contributed by atoms with E-state index >= 15 is 0 Å². The van der Waals surface area contributed by atoms with Gasteiger partial charge in [0.2, 0.25) is 0 Å². The Morgan fingerprint density at radius 1 is 1.24 bits per heavy atom. The fourth-order valence-corrected chi connectivity index (χ4v) is 4.02. The minimum atomic E-state index is 0. The van der Waals surface area contributed by atoms with Crippen LogP contribution in [0, 0.1) is 6.92 Å². The van der Waals surface area contributed by atoms with Crippen LogP contribution < -0.4 is 10.6 Å². The summed E-state index contributed by atoms with van der Waals surface area (Å²) in [6, 6.07) is 10.6. The second-order valence-corrected chi connectivity index (χ2v) is 8.65. The highest BCUT2D eigenvalue weighted by molar-refractivity contribution is 14.0. The molecule has 0 spiro atoms. The summed E-state index contributed by atoms with van der Waals surface area (Å²) < 4.78 is 7.37. The third-order valence-corrected chi connectivity index (χ3v) is 6.34. The maximum atomic E-state index is 5.14. The molecule has 29 heavy (non-hydrogen) atoms. The summed E-state index contributed by atoms with van der Waals surface area (Å²) in [6.45, 7) is 4.88. The zero-order valence-corrected chi connectivity index (χ0v) is 20.5. The first-order valence-corrected chi connectivity index (χ1v) is 10.5. The molecule has 1 aliphatic carbocycles. The predicted molar refractivity (Wildman–Crippen MR) is 129 cm³/mol. The standard InChI is InChI=1S/C20H30N6OS.HI/c1-16-24-25-18(26(16)2)14-22-19(21-12-7-13-27-3)23-15-20(10-11-20)28-17-8-5-4-6-9-17;/h4-6,8-9H,7,10-15H2,1-3H3,(H2,21,22,23);1H. The van der Waals surface area contributed by atoms with Crippen molar-refractivity contribution >= 4 is 41.7 Å². The summed E-state index contributed by atoms with van der Waals surface area (Å²) >= 11 is 1.96. The van der Waals surface area contributed by atoms with E-state index in [-0.39, 0.29) is 28.7 Å². The number of rotatable bonds is 10. The third kappa shape index (κ3) is 7.45. The molecule has 0 unspecified atom stereocenters. The monoisotopic (exact) mass is 530 g/mol. The average molecular weight is 530 g/mol. The lowest BCUT2D eigenvalue weighted by Gasteiger charge is -2.18. The van der Waals surface area contributed by atoms with E-state index in [1.54, 1.807) is 7.11 Å². The second-order valence-electron chi connectivity index (χ2n) is 7.11. The lowest BCUT2D eigenvalue weighted by atomic mass is 10.4. The van der Waals surface area contributed by atoms with Crippen LogP contribution in [-0.2, 0) is 18.3 Å². The molecule has 1 aromatic heterocycles. The molecule has 1 fully saturated rings. The predicted octanol–water partition coefficient (Wildman–Crippen LogP) is 3.14. The molecule has 0 atom stereocenters. The van der Waals surface area contributed by atoms with Crippen LogP contribution in [0.15, 0.2) is 40.2 Å². The van der Waals surface area contributed by atoms with Gasteiger partial charge in [-0.05, 0) is 38.3 Å². The molecule has 2 aromatic rings. The van der Waals surface area contributed by atoms with Crippen LogP contribution in [0.1, 0.15) is 30.9 Å². The Morgan fingerprint density at radius 3 is 2.62 bits per heavy atom. The Balaban J connectivity index is 0.00000300. The summed E-state index contributed by atoms with van der Waals surface area (Å²) in [5, 5.41) is 15.2. The van der Waals surface area contributed by atoms with Crippen molar-refractivity contribution in [3.8, 4) is 0 Å². The SMILES string of the molecule is COCCCNC(=NCc1nnc(C)n1C)NCC1(Sc2ccccc2)CC1.I. The highest BCUT2D eigenvalue weighted by Crippen LogP contribution is 2.51. The zero-order valence-electron chi connectivity index (χ0n) is 17.4. The van der Waals surface area contributed by atoms with Crippen molar-refractivity contribution in [3.05, 3.63) is 42.0 Å². The molecule has 2 N–H and O–H groups in total. The van der Waals surface area contributed by atoms with E-state index in [2.05, 4.69) is 51.2 Å². The van der Waals surface area contributed by atoms with Crippen LogP contribution in [0.4, 0.5) is 0 Å². The maximum absolute atomic E-state index is 5.14. The van der Waals surface area contributed by atoms with Crippen molar-refractivity contribution in [2.45, 2.75) is 42.4 Å². The molecule has 0 aliphatic heterocycles. The van der Waals surface area contributed by atoms with Crippen LogP contribution in [0.25, 0.3) is 0 Å². The van der Waals surface area contributed by atoms with E-state index in [0.717, 1.165) is 43.7 Å². The first-order valence-electron chi connectivity index (χ1n) is 9.72. The van der Waals surface area contributed by atoms with Gasteiger partial charge in [-0.25, -0.2) is 4.99 Å². The minimum Gasteiger partial charge on any atom is -0.385 e. The number of benzene rings is 1. The molecule has 1 heterocycles. The maximum Gasteiger partial charge on any atom is 0.191 e. The molecule has 0 saturated heterocycles. The van der Waals surface area contributed by atoms with Gasteiger partial charge in [0.1, 0.15) is 12.4 Å². The zero-order chi connectivity index (χ0) is 19.8. The molecule has 160 valence electrons. The van der Waals surface area contributed by atoms with Crippen LogP contribution in [0.5, 0.6) is 0 Å². The van der Waals surface area contributed by atoms with Gasteiger partial charge in [0.15, 0.2) is 11.8 Å². The van der Waals surface area contributed by atoms with Gasteiger partial charge in [-0.3, -0.25) is 0 Å². The quantitative estimate of drug-likeness (QED) is 0.213. The number of guanidine groups is 1. The van der Waals surface area contributed by atoms with Crippen LogP contribution in [0.3, 0.4) is 0 Å². The number of hydrogen-bond donors (Lipinski definition) is 2. The number of halogens is 1. The summed E-state index contributed by atoms with van der Waals surface area (Å²) in [5.74, 6) is 2.57. The summed E-state index contributed by atoms with van der Waals surface area (Å²) in [6.07, 6.45) is 3.38. The average Bonchev–Trinajstić information content (AvgIpc) is 3.40. The Hall–Kier alpha value is -1.33. The normalized spacial score (nSPS) is 14.9. The Bertz CT molecular complexity index is 779. The first-order chi connectivity index (χ1) is 13.6. The Morgan fingerprint density at radius 2 is 2.00 bits per heavy atom. The van der Waals surface area contributed by atoms with Crippen molar-refractivity contribution in [2.75, 3.05) is 26.8 Å². The van der Waals surface area contributed by atoms with E-state index in [0.29, 0.717) is 6.54 Å². The van der Waals surface area contributed by atoms with Crippen LogP contribution in [-0.4, -0.2) is 52.3 Å². The number of hydrogen-bond acceptors (Lipinski definition) is 5. The van der Waals surface area contributed by atoms with E-state index < -0.39 is 0 Å². The van der Waals surface area contributed by atoms with Gasteiger partial charge in [0.05, 0.1) is 0 Å². The van der Waals surface area contributed by atoms with Crippen molar-refractivity contribution < 1.29 is 4.74 Å². The Labute approximate surface area is 194 Å². The van der Waals surface area contributed by atoms with E-state index in [1.807, 2.05) is 30.3 Å². The lowest BCUT2D eigenvalue weighted by molar-refractivity contribution is 0.195. The Kier molecular flexibility index (Phi) is 9.70. The number of aliphatic imine (C=N–C) groups is 1. The van der Waals surface area contributed by atoms with Crippen LogP contribution in [0.2, 0.25) is 0 Å². The first kappa shape index (κ1) is 23.9. The summed E-state index contributed by atoms with van der Waals surface area (Å²) in [4.78, 5) is 6.05. The third-order valence-electron chi connectivity index (χ3n) is 4.84. The van der Waals surface area contributed by atoms with E-state index in [1.165, 1.54) is 17.7 Å². The smallest absolute Gasteiger partial charge is 0.191 e. The molecule has 0 amide bonds. The number of aromatic nitrogens is 3. The largest absolute Gasteiger partial charge is 0.385 e. The molecular formula is C20H31IN6OS. The fourth-order valence-electron chi connectivity index (χ4n) is 2.77. The summed E-state index contributed by atoms with van der Waals surface area (Å²) in [7, 11) is 3.69. The molecule has 7 nitrogen and oxygen atoms in total. The van der Waals surface area contributed by atoms with Crippen molar-refractivity contribution in [2.24, 2.45) is 12.0 Å². The van der Waals surface area contributed by atoms with Crippen molar-refractivity contribution in [1.29, 1.82) is 0 Å². The molecule has 9 heteroatoms. The van der Waals surface area contributed by atoms with Crippen molar-refractivity contribution in [1.82, 2.24) is 25.4 Å². The topological polar surface area (TPSA) is 76.4 Å². The fraction of sp³-hybridized carbons (Fsp3) is 0.550. The highest BCUT2D eigenvalue weighted by Gasteiger charge is 2.43. The number of nitrogens with one attached hydrogen (secondary N) is 2. The number of thioether (sulfide) groups is 1. The van der Waals surface area contributed by atoms with Gasteiger partial charge >= 0.3 is 0 Å². The van der Waals surface area contributed by atoms with Gasteiger partial charge < -0.3 is 19.9 Å². The highest BCUT2D eigenvalue weighted by atomic mass is 127. The molecule has 0 radical (unpaired) electrons. The molecule has 1 aromatic carbocycles. The van der Waals surface area contributed by atoms with E-state index in [9.17, 15) is 0 Å². The van der Waals surface area contributed by atoms with Gasteiger partial charge in [-0.2, -0.15) is 0 Å². The van der Waals surface area contributed by atoms with Gasteiger partial charge in [0.25, 0.3) is 0 Å². The molecular weight excluding hydrogens is 499 g/mol. The van der Waals surface area contributed by atoms with Crippen LogP contribution >= 0.6 is 35.7 Å². The van der Waals surface area contributed by atoms with E-state index in [4.69, 9.17) is 9.73 Å². The number of aryl methyl sites for hydroxylation is 1. The van der Waals surface area contributed by atoms with Gasteiger partial charge in [0, 0.05) is 43.5 Å². The molecule has 1 aliphatic rings. The number of methoxy groups -OCH3 is 1. The minimum absolute atomic E-state index is 0. The summed E-state index contributed by atoms with van der Waals surface area (Å²) in [5.41, 5.74) is 0. The molecule has 3 rings (SSSR count).